The van der Waals surface area contributed by atoms with Gasteiger partial charge in [0, 0.05) is 32.1 Å². The molecule has 2 saturated heterocycles. The van der Waals surface area contributed by atoms with E-state index in [-0.39, 0.29) is 23.9 Å². The lowest BCUT2D eigenvalue weighted by Gasteiger charge is -2.36. The smallest absolute Gasteiger partial charge is 0.320 e. The van der Waals surface area contributed by atoms with Gasteiger partial charge in [0.25, 0.3) is 0 Å². The normalized spacial score (nSPS) is 26.9. The van der Waals surface area contributed by atoms with E-state index in [1.165, 1.54) is 0 Å². The summed E-state index contributed by atoms with van der Waals surface area (Å²) in [4.78, 5) is 37.9. The molecular formula is C14H23N3O4. The molecule has 0 spiro atoms. The van der Waals surface area contributed by atoms with Crippen molar-refractivity contribution in [3.8, 4) is 0 Å². The zero-order valence-electron chi connectivity index (χ0n) is 12.3. The predicted molar refractivity (Wildman–Crippen MR) is 75.4 cm³/mol. The molecule has 2 aliphatic heterocycles. The fraction of sp³-hybridized carbons (Fsp3) is 0.786. The minimum Gasteiger partial charge on any atom is -0.481 e. The third kappa shape index (κ3) is 3.46. The molecule has 7 heteroatoms. The number of piperidine rings is 1. The lowest BCUT2D eigenvalue weighted by atomic mass is 9.93. The van der Waals surface area contributed by atoms with Gasteiger partial charge in [-0.05, 0) is 32.1 Å². The molecule has 0 radical (unpaired) electrons. The van der Waals surface area contributed by atoms with Crippen LogP contribution < -0.4 is 5.73 Å². The lowest BCUT2D eigenvalue weighted by molar-refractivity contribution is -0.142. The maximum atomic E-state index is 12.5. The number of likely N-dealkylation sites (tertiary alicyclic amines) is 2. The second-order valence-electron chi connectivity index (χ2n) is 6.05. The van der Waals surface area contributed by atoms with Crippen LogP contribution in [0.25, 0.3) is 0 Å². The molecule has 2 atom stereocenters. The minimum absolute atomic E-state index is 0.0798. The molecule has 2 aliphatic rings. The molecule has 7 nitrogen and oxygen atoms in total. The van der Waals surface area contributed by atoms with Gasteiger partial charge in [0.1, 0.15) is 0 Å². The second kappa shape index (κ2) is 6.32. The summed E-state index contributed by atoms with van der Waals surface area (Å²) in [7, 11) is 0. The van der Waals surface area contributed by atoms with Crippen molar-refractivity contribution in [2.45, 2.75) is 38.6 Å². The fourth-order valence-electron chi connectivity index (χ4n) is 3.33. The average molecular weight is 297 g/mol. The Morgan fingerprint density at radius 3 is 2.24 bits per heavy atom. The maximum absolute atomic E-state index is 12.5. The van der Waals surface area contributed by atoms with Crippen molar-refractivity contribution in [2.24, 2.45) is 17.6 Å². The van der Waals surface area contributed by atoms with Crippen molar-refractivity contribution >= 4 is 17.9 Å². The Labute approximate surface area is 124 Å². The summed E-state index contributed by atoms with van der Waals surface area (Å²) in [5, 5.41) is 9.12. The summed E-state index contributed by atoms with van der Waals surface area (Å²) in [6.07, 6.45) is 2.45. The highest BCUT2D eigenvalue weighted by atomic mass is 16.4. The molecule has 118 valence electrons. The predicted octanol–water partition coefficient (Wildman–Crippen LogP) is 0.489. The van der Waals surface area contributed by atoms with Crippen molar-refractivity contribution < 1.29 is 19.5 Å². The van der Waals surface area contributed by atoms with E-state index in [0.717, 1.165) is 12.8 Å². The van der Waals surface area contributed by atoms with Crippen molar-refractivity contribution in [1.29, 1.82) is 0 Å². The third-order valence-electron chi connectivity index (χ3n) is 4.69. The van der Waals surface area contributed by atoms with Crippen LogP contribution in [0.2, 0.25) is 0 Å². The molecule has 0 bridgehead atoms. The van der Waals surface area contributed by atoms with Crippen LogP contribution in [0.15, 0.2) is 0 Å². The van der Waals surface area contributed by atoms with Gasteiger partial charge in [-0.1, -0.05) is 0 Å². The number of nitrogens with zero attached hydrogens (tertiary/aromatic N) is 2. The van der Waals surface area contributed by atoms with Crippen LogP contribution in [-0.4, -0.2) is 58.5 Å². The van der Waals surface area contributed by atoms with Crippen LogP contribution in [0.1, 0.15) is 32.6 Å². The first-order valence-electron chi connectivity index (χ1n) is 7.46. The number of hydrogen-bond acceptors (Lipinski definition) is 3. The number of amides is 3. The number of primary amides is 1. The molecule has 0 aromatic rings. The van der Waals surface area contributed by atoms with E-state index in [1.807, 2.05) is 0 Å². The zero-order chi connectivity index (χ0) is 15.6. The number of rotatable bonds is 3. The molecule has 2 heterocycles. The number of aliphatic carboxylic acids is 1. The van der Waals surface area contributed by atoms with Crippen LogP contribution in [0, 0.1) is 11.8 Å². The zero-order valence-corrected chi connectivity index (χ0v) is 12.3. The number of carbonyl (C=O) groups excluding carboxylic acids is 2. The molecule has 0 aliphatic carbocycles. The molecule has 0 saturated carbocycles. The number of carbonyl (C=O) groups is 3. The number of urea groups is 1. The standard InChI is InChI=1S/C14H23N3O4/c1-9-11(13(19)20)4-7-17(9)14(21)16-5-2-10(3-6-16)8-12(15)18/h9-11H,2-8H2,1H3,(H2,15,18)(H,19,20). The average Bonchev–Trinajstić information content (AvgIpc) is 2.80. The van der Waals surface area contributed by atoms with Gasteiger partial charge in [0.15, 0.2) is 0 Å². The van der Waals surface area contributed by atoms with Crippen LogP contribution >= 0.6 is 0 Å². The first-order valence-corrected chi connectivity index (χ1v) is 7.46. The molecule has 3 amide bonds. The monoisotopic (exact) mass is 297 g/mol. The third-order valence-corrected chi connectivity index (χ3v) is 4.69. The van der Waals surface area contributed by atoms with Gasteiger partial charge in [-0.2, -0.15) is 0 Å². The largest absolute Gasteiger partial charge is 0.481 e. The quantitative estimate of drug-likeness (QED) is 0.791. The number of hydrogen-bond donors (Lipinski definition) is 2. The Bertz CT molecular complexity index is 432. The first kappa shape index (κ1) is 15.6. The van der Waals surface area contributed by atoms with E-state index in [4.69, 9.17) is 10.8 Å². The topological polar surface area (TPSA) is 104 Å². The van der Waals surface area contributed by atoms with Crippen molar-refractivity contribution in [2.75, 3.05) is 19.6 Å². The van der Waals surface area contributed by atoms with Crippen LogP contribution in [0.4, 0.5) is 4.79 Å². The highest BCUT2D eigenvalue weighted by Crippen LogP contribution is 2.27. The number of carboxylic acids is 1. The van der Waals surface area contributed by atoms with E-state index < -0.39 is 11.9 Å². The molecule has 2 rings (SSSR count). The summed E-state index contributed by atoms with van der Waals surface area (Å²) in [5.74, 6) is -1.34. The van der Waals surface area contributed by atoms with E-state index in [9.17, 15) is 14.4 Å². The van der Waals surface area contributed by atoms with Crippen molar-refractivity contribution in [3.05, 3.63) is 0 Å². The van der Waals surface area contributed by atoms with Crippen molar-refractivity contribution in [1.82, 2.24) is 9.80 Å². The summed E-state index contributed by atoms with van der Waals surface area (Å²) >= 11 is 0. The van der Waals surface area contributed by atoms with Crippen LogP contribution in [-0.2, 0) is 9.59 Å². The summed E-state index contributed by atoms with van der Waals surface area (Å²) in [6.45, 7) is 3.51. The maximum Gasteiger partial charge on any atom is 0.320 e. The number of carboxylic acid groups (broad SMARTS) is 1. The fourth-order valence-corrected chi connectivity index (χ4v) is 3.33. The van der Waals surface area contributed by atoms with E-state index in [2.05, 4.69) is 0 Å². The van der Waals surface area contributed by atoms with E-state index >= 15 is 0 Å². The van der Waals surface area contributed by atoms with Gasteiger partial charge >= 0.3 is 12.0 Å². The van der Waals surface area contributed by atoms with E-state index in [0.29, 0.717) is 32.5 Å². The Kier molecular flexibility index (Phi) is 4.69. The minimum atomic E-state index is -0.835. The summed E-state index contributed by atoms with van der Waals surface area (Å²) in [5.41, 5.74) is 5.20. The van der Waals surface area contributed by atoms with Gasteiger partial charge in [-0.3, -0.25) is 9.59 Å². The summed E-state index contributed by atoms with van der Waals surface area (Å²) < 4.78 is 0. The van der Waals surface area contributed by atoms with Gasteiger partial charge in [0.05, 0.1) is 5.92 Å². The van der Waals surface area contributed by atoms with Crippen LogP contribution in [0.3, 0.4) is 0 Å². The van der Waals surface area contributed by atoms with Gasteiger partial charge < -0.3 is 20.6 Å². The van der Waals surface area contributed by atoms with Crippen molar-refractivity contribution in [3.63, 3.8) is 0 Å². The highest BCUT2D eigenvalue weighted by Gasteiger charge is 2.40. The van der Waals surface area contributed by atoms with Gasteiger partial charge in [0.2, 0.25) is 5.91 Å². The molecular weight excluding hydrogens is 274 g/mol. The number of nitrogens with two attached hydrogens (primary N) is 1. The molecule has 0 aromatic heterocycles. The van der Waals surface area contributed by atoms with Gasteiger partial charge in [-0.25, -0.2) is 4.79 Å². The van der Waals surface area contributed by atoms with E-state index in [1.54, 1.807) is 16.7 Å². The van der Waals surface area contributed by atoms with Crippen LogP contribution in [0.5, 0.6) is 0 Å². The molecule has 3 N–H and O–H groups in total. The Morgan fingerprint density at radius 1 is 1.14 bits per heavy atom. The molecule has 2 fully saturated rings. The molecule has 0 aromatic carbocycles. The highest BCUT2D eigenvalue weighted by molar-refractivity contribution is 5.78. The molecule has 2 unspecified atom stereocenters. The first-order chi connectivity index (χ1) is 9.90. The Morgan fingerprint density at radius 2 is 1.76 bits per heavy atom. The summed E-state index contributed by atoms with van der Waals surface area (Å²) in [6, 6.07) is -0.345. The Hall–Kier alpha value is -1.79. The lowest BCUT2D eigenvalue weighted by Crippen LogP contribution is -2.49. The Balaban J connectivity index is 1.88. The second-order valence-corrected chi connectivity index (χ2v) is 6.05. The SMILES string of the molecule is CC1C(C(=O)O)CCN1C(=O)N1CCC(CC(N)=O)CC1. The molecule has 21 heavy (non-hydrogen) atoms. The van der Waals surface area contributed by atoms with Gasteiger partial charge in [-0.15, -0.1) is 0 Å².